The fraction of sp³-hybridized carbons (Fsp3) is 1.00. The summed E-state index contributed by atoms with van der Waals surface area (Å²) in [6.07, 6.45) is 2.18. The summed E-state index contributed by atoms with van der Waals surface area (Å²) < 4.78 is 4.98. The molecule has 0 saturated carbocycles. The van der Waals surface area contributed by atoms with E-state index in [1.807, 2.05) is 0 Å². The highest BCUT2D eigenvalue weighted by Gasteiger charge is 2.19. The van der Waals surface area contributed by atoms with Crippen LogP contribution in [0.4, 0.5) is 0 Å². The molecule has 0 heterocycles. The second-order valence-corrected chi connectivity index (χ2v) is 3.31. The molecule has 0 radical (unpaired) electrons. The molecule has 0 amide bonds. The van der Waals surface area contributed by atoms with Gasteiger partial charge in [-0.3, -0.25) is 0 Å². The van der Waals surface area contributed by atoms with E-state index in [0.29, 0.717) is 0 Å². The average molecular weight is 165 g/mol. The van der Waals surface area contributed by atoms with Gasteiger partial charge < -0.3 is 4.74 Å². The summed E-state index contributed by atoms with van der Waals surface area (Å²) >= 11 is 5.79. The Morgan fingerprint density at radius 1 is 1.50 bits per heavy atom. The lowest BCUT2D eigenvalue weighted by Crippen LogP contribution is -2.19. The molecule has 0 aromatic carbocycles. The number of alkyl halides is 1. The Balaban J connectivity index is 3.58. The summed E-state index contributed by atoms with van der Waals surface area (Å²) in [6.45, 7) is 5.17. The van der Waals surface area contributed by atoms with Crippen LogP contribution in [-0.2, 0) is 4.74 Å². The maximum absolute atomic E-state index is 5.79. The summed E-state index contributed by atoms with van der Waals surface area (Å²) in [7, 11) is 1.73. The van der Waals surface area contributed by atoms with Crippen LogP contribution in [-0.4, -0.2) is 19.6 Å². The molecular formula is C8H17ClO. The number of rotatable bonds is 5. The van der Waals surface area contributed by atoms with Crippen LogP contribution >= 0.6 is 11.6 Å². The zero-order valence-corrected chi connectivity index (χ0v) is 7.87. The molecule has 10 heavy (non-hydrogen) atoms. The van der Waals surface area contributed by atoms with Crippen molar-refractivity contribution in [2.45, 2.75) is 26.7 Å². The van der Waals surface area contributed by atoms with Gasteiger partial charge in [-0.15, -0.1) is 11.6 Å². The number of hydrogen-bond acceptors (Lipinski definition) is 1. The predicted molar refractivity (Wildman–Crippen MR) is 45.6 cm³/mol. The van der Waals surface area contributed by atoms with Crippen LogP contribution in [0.15, 0.2) is 0 Å². The van der Waals surface area contributed by atoms with E-state index in [1.165, 1.54) is 0 Å². The first-order chi connectivity index (χ1) is 4.68. The van der Waals surface area contributed by atoms with Crippen molar-refractivity contribution in [2.75, 3.05) is 19.6 Å². The first-order valence-corrected chi connectivity index (χ1v) is 4.27. The molecule has 0 saturated heterocycles. The van der Waals surface area contributed by atoms with E-state index in [1.54, 1.807) is 7.11 Å². The third kappa shape index (κ3) is 3.43. The van der Waals surface area contributed by atoms with Crippen molar-refractivity contribution in [3.63, 3.8) is 0 Å². The number of ether oxygens (including phenoxy) is 1. The molecular weight excluding hydrogens is 148 g/mol. The van der Waals surface area contributed by atoms with Gasteiger partial charge in [-0.25, -0.2) is 0 Å². The van der Waals surface area contributed by atoms with Crippen LogP contribution in [0.2, 0.25) is 0 Å². The van der Waals surface area contributed by atoms with Gasteiger partial charge >= 0.3 is 0 Å². The summed E-state index contributed by atoms with van der Waals surface area (Å²) in [5.41, 5.74) is 0.275. The summed E-state index contributed by atoms with van der Waals surface area (Å²) in [5.74, 6) is 0.729. The van der Waals surface area contributed by atoms with E-state index in [4.69, 9.17) is 16.3 Å². The Bertz CT molecular complexity index is 79.3. The quantitative estimate of drug-likeness (QED) is 0.568. The van der Waals surface area contributed by atoms with Gasteiger partial charge in [0.2, 0.25) is 0 Å². The van der Waals surface area contributed by atoms with Crippen LogP contribution in [0, 0.1) is 5.41 Å². The maximum Gasteiger partial charge on any atom is 0.0467 e. The molecule has 0 aromatic heterocycles. The van der Waals surface area contributed by atoms with E-state index < -0.39 is 0 Å². The largest absolute Gasteiger partial charge is 0.385 e. The molecule has 0 fully saturated rings. The molecule has 0 N–H and O–H groups in total. The van der Waals surface area contributed by atoms with Crippen molar-refractivity contribution >= 4 is 11.6 Å². The Hall–Kier alpha value is 0.250. The molecule has 0 bridgehead atoms. The minimum Gasteiger partial charge on any atom is -0.385 e. The average Bonchev–Trinajstić information content (AvgIpc) is 2.00. The third-order valence-electron chi connectivity index (χ3n) is 2.09. The first kappa shape index (κ1) is 10.2. The zero-order chi connectivity index (χ0) is 8.04. The normalized spacial score (nSPS) is 16.8. The van der Waals surface area contributed by atoms with E-state index in [0.717, 1.165) is 25.3 Å². The lowest BCUT2D eigenvalue weighted by molar-refractivity contribution is 0.151. The highest BCUT2D eigenvalue weighted by Crippen LogP contribution is 2.26. The molecule has 0 rings (SSSR count). The van der Waals surface area contributed by atoms with Crippen molar-refractivity contribution in [1.82, 2.24) is 0 Å². The van der Waals surface area contributed by atoms with Gasteiger partial charge in [0.1, 0.15) is 0 Å². The van der Waals surface area contributed by atoms with Gasteiger partial charge in [-0.1, -0.05) is 13.8 Å². The number of hydrogen-bond donors (Lipinski definition) is 0. The highest BCUT2D eigenvalue weighted by atomic mass is 35.5. The topological polar surface area (TPSA) is 9.23 Å². The SMILES string of the molecule is CCC(C)(CCl)CCOC. The van der Waals surface area contributed by atoms with E-state index in [9.17, 15) is 0 Å². The van der Waals surface area contributed by atoms with E-state index in [2.05, 4.69) is 13.8 Å². The Labute approximate surface area is 68.7 Å². The third-order valence-corrected chi connectivity index (χ3v) is 2.73. The predicted octanol–water partition coefficient (Wildman–Crippen LogP) is 2.68. The first-order valence-electron chi connectivity index (χ1n) is 3.73. The van der Waals surface area contributed by atoms with Crippen LogP contribution in [0.25, 0.3) is 0 Å². The lowest BCUT2D eigenvalue weighted by atomic mass is 9.87. The van der Waals surface area contributed by atoms with Crippen LogP contribution < -0.4 is 0 Å². The van der Waals surface area contributed by atoms with Crippen molar-refractivity contribution < 1.29 is 4.74 Å². The smallest absolute Gasteiger partial charge is 0.0467 e. The molecule has 0 aromatic rings. The summed E-state index contributed by atoms with van der Waals surface area (Å²) in [6, 6.07) is 0. The lowest BCUT2D eigenvalue weighted by Gasteiger charge is -2.24. The van der Waals surface area contributed by atoms with Gasteiger partial charge in [0, 0.05) is 19.6 Å². The van der Waals surface area contributed by atoms with Gasteiger partial charge in [-0.05, 0) is 18.3 Å². The van der Waals surface area contributed by atoms with Gasteiger partial charge in [0.25, 0.3) is 0 Å². The van der Waals surface area contributed by atoms with Gasteiger partial charge in [0.05, 0.1) is 0 Å². The van der Waals surface area contributed by atoms with Crippen LogP contribution in [0.3, 0.4) is 0 Å². The highest BCUT2D eigenvalue weighted by molar-refractivity contribution is 6.18. The Kier molecular flexibility index (Phi) is 5.10. The van der Waals surface area contributed by atoms with E-state index in [-0.39, 0.29) is 5.41 Å². The maximum atomic E-state index is 5.79. The molecule has 2 heteroatoms. The molecule has 0 spiro atoms. The molecule has 0 aliphatic rings. The van der Waals surface area contributed by atoms with Crippen LogP contribution in [0.5, 0.6) is 0 Å². The molecule has 0 aliphatic heterocycles. The monoisotopic (exact) mass is 164 g/mol. The van der Waals surface area contributed by atoms with Crippen molar-refractivity contribution in [3.05, 3.63) is 0 Å². The minimum atomic E-state index is 0.275. The molecule has 0 aliphatic carbocycles. The second kappa shape index (κ2) is 4.97. The van der Waals surface area contributed by atoms with Crippen molar-refractivity contribution in [1.29, 1.82) is 0 Å². The minimum absolute atomic E-state index is 0.275. The fourth-order valence-electron chi connectivity index (χ4n) is 0.687. The molecule has 62 valence electrons. The Morgan fingerprint density at radius 3 is 2.40 bits per heavy atom. The molecule has 1 nitrogen and oxygen atoms in total. The molecule has 1 unspecified atom stereocenters. The van der Waals surface area contributed by atoms with Gasteiger partial charge in [-0.2, -0.15) is 0 Å². The zero-order valence-electron chi connectivity index (χ0n) is 7.11. The van der Waals surface area contributed by atoms with E-state index >= 15 is 0 Å². The van der Waals surface area contributed by atoms with Gasteiger partial charge in [0.15, 0.2) is 0 Å². The van der Waals surface area contributed by atoms with Crippen molar-refractivity contribution in [3.8, 4) is 0 Å². The molecule has 1 atom stereocenters. The Morgan fingerprint density at radius 2 is 2.10 bits per heavy atom. The fourth-order valence-corrected chi connectivity index (χ4v) is 1.01. The van der Waals surface area contributed by atoms with Crippen LogP contribution in [0.1, 0.15) is 26.7 Å². The summed E-state index contributed by atoms with van der Waals surface area (Å²) in [5, 5.41) is 0. The van der Waals surface area contributed by atoms with Crippen molar-refractivity contribution in [2.24, 2.45) is 5.41 Å². The number of halogens is 1. The number of methoxy groups -OCH3 is 1. The standard InChI is InChI=1S/C8H17ClO/c1-4-8(2,7-9)5-6-10-3/h4-7H2,1-3H3. The summed E-state index contributed by atoms with van der Waals surface area (Å²) in [4.78, 5) is 0. The second-order valence-electron chi connectivity index (χ2n) is 3.04.